The van der Waals surface area contributed by atoms with E-state index in [9.17, 15) is 9.59 Å². The molecule has 0 aliphatic heterocycles. The largest absolute Gasteiger partial charge is 0.480 e. The Labute approximate surface area is 189 Å². The molecule has 166 valence electrons. The average molecular weight is 431 g/mol. The summed E-state index contributed by atoms with van der Waals surface area (Å²) in [6, 6.07) is 22.9. The predicted molar refractivity (Wildman–Crippen MR) is 128 cm³/mol. The van der Waals surface area contributed by atoms with E-state index in [1.54, 1.807) is 24.3 Å². The number of amides is 2. The molecular formula is C27H30N2O3. The molecule has 0 fully saturated rings. The highest BCUT2D eigenvalue weighted by molar-refractivity contribution is 6.04. The molecule has 5 nitrogen and oxygen atoms in total. The maximum Gasteiger partial charge on any atom is 0.265 e. The number of hydrogen-bond acceptors (Lipinski definition) is 3. The van der Waals surface area contributed by atoms with Gasteiger partial charge in [0, 0.05) is 6.54 Å². The summed E-state index contributed by atoms with van der Waals surface area (Å²) in [5.41, 5.74) is 4.09. The fourth-order valence-electron chi connectivity index (χ4n) is 3.37. The second-order valence-corrected chi connectivity index (χ2v) is 7.81. The third kappa shape index (κ3) is 6.20. The van der Waals surface area contributed by atoms with Crippen LogP contribution in [0.3, 0.4) is 0 Å². The number of benzene rings is 3. The number of hydrogen-bond donors (Lipinski definition) is 2. The standard InChI is InChI=1S/C27H30N2O3/c1-4-24(32-25-18-19(2)14-15-20(25)3)27(31)29-23-13-9-8-12-22(23)26(30)28-17-16-21-10-6-5-7-11-21/h5-15,18,24H,4,16-17H2,1-3H3,(H,28,30)(H,29,31). The first-order valence-corrected chi connectivity index (χ1v) is 10.9. The van der Waals surface area contributed by atoms with Crippen LogP contribution >= 0.6 is 0 Å². The smallest absolute Gasteiger partial charge is 0.265 e. The zero-order valence-electron chi connectivity index (χ0n) is 18.9. The lowest BCUT2D eigenvalue weighted by molar-refractivity contribution is -0.122. The molecule has 0 aliphatic rings. The lowest BCUT2D eigenvalue weighted by Crippen LogP contribution is -2.34. The molecule has 0 spiro atoms. The molecule has 2 N–H and O–H groups in total. The van der Waals surface area contributed by atoms with Crippen molar-refractivity contribution in [1.29, 1.82) is 0 Å². The van der Waals surface area contributed by atoms with Gasteiger partial charge in [0.15, 0.2) is 6.10 Å². The number of ether oxygens (including phenoxy) is 1. The van der Waals surface area contributed by atoms with Crippen LogP contribution in [-0.2, 0) is 11.2 Å². The second-order valence-electron chi connectivity index (χ2n) is 7.81. The molecule has 3 rings (SSSR count). The van der Waals surface area contributed by atoms with Gasteiger partial charge in [-0.15, -0.1) is 0 Å². The molecule has 0 aromatic heterocycles. The number of para-hydroxylation sites is 1. The first-order valence-electron chi connectivity index (χ1n) is 10.9. The molecular weight excluding hydrogens is 400 g/mol. The van der Waals surface area contributed by atoms with Crippen molar-refractivity contribution < 1.29 is 14.3 Å². The van der Waals surface area contributed by atoms with Gasteiger partial charge in [-0.1, -0.05) is 61.5 Å². The molecule has 3 aromatic rings. The third-order valence-corrected chi connectivity index (χ3v) is 5.25. The Hall–Kier alpha value is -3.60. The summed E-state index contributed by atoms with van der Waals surface area (Å²) in [7, 11) is 0. The van der Waals surface area contributed by atoms with Gasteiger partial charge in [-0.3, -0.25) is 9.59 Å². The second kappa shape index (κ2) is 11.1. The van der Waals surface area contributed by atoms with Crippen molar-refractivity contribution in [3.63, 3.8) is 0 Å². The first-order chi connectivity index (χ1) is 15.5. The molecule has 0 saturated carbocycles. The summed E-state index contributed by atoms with van der Waals surface area (Å²) >= 11 is 0. The Bertz CT molecular complexity index is 1060. The van der Waals surface area contributed by atoms with E-state index >= 15 is 0 Å². The molecule has 1 atom stereocenters. The van der Waals surface area contributed by atoms with Gasteiger partial charge in [0.25, 0.3) is 11.8 Å². The van der Waals surface area contributed by atoms with Gasteiger partial charge in [0.05, 0.1) is 11.3 Å². The number of carbonyl (C=O) groups is 2. The number of aryl methyl sites for hydroxylation is 2. The van der Waals surface area contributed by atoms with Crippen LogP contribution in [0.1, 0.15) is 40.4 Å². The molecule has 0 bridgehead atoms. The van der Waals surface area contributed by atoms with Gasteiger partial charge >= 0.3 is 0 Å². The molecule has 0 saturated heterocycles. The SMILES string of the molecule is CCC(Oc1cc(C)ccc1C)C(=O)Nc1ccccc1C(=O)NCCc1ccccc1. The highest BCUT2D eigenvalue weighted by Crippen LogP contribution is 2.22. The van der Waals surface area contributed by atoms with Gasteiger partial charge in [0.2, 0.25) is 0 Å². The van der Waals surface area contributed by atoms with E-state index in [4.69, 9.17) is 4.74 Å². The number of anilines is 1. The zero-order chi connectivity index (χ0) is 22.9. The van der Waals surface area contributed by atoms with Crippen LogP contribution in [0.4, 0.5) is 5.69 Å². The molecule has 2 amide bonds. The van der Waals surface area contributed by atoms with E-state index in [0.29, 0.717) is 30.0 Å². The van der Waals surface area contributed by atoms with Crippen LogP contribution < -0.4 is 15.4 Å². The highest BCUT2D eigenvalue weighted by Gasteiger charge is 2.21. The number of nitrogens with one attached hydrogen (secondary N) is 2. The third-order valence-electron chi connectivity index (χ3n) is 5.25. The lowest BCUT2D eigenvalue weighted by Gasteiger charge is -2.20. The van der Waals surface area contributed by atoms with Crippen molar-refractivity contribution in [3.05, 3.63) is 95.1 Å². The van der Waals surface area contributed by atoms with Crippen molar-refractivity contribution in [2.75, 3.05) is 11.9 Å². The van der Waals surface area contributed by atoms with E-state index in [-0.39, 0.29) is 11.8 Å². The van der Waals surface area contributed by atoms with E-state index in [2.05, 4.69) is 10.6 Å². The summed E-state index contributed by atoms with van der Waals surface area (Å²) in [5.74, 6) is 0.192. The van der Waals surface area contributed by atoms with Gasteiger partial charge in [-0.25, -0.2) is 0 Å². The van der Waals surface area contributed by atoms with E-state index < -0.39 is 6.10 Å². The number of rotatable bonds is 9. The molecule has 1 unspecified atom stereocenters. The van der Waals surface area contributed by atoms with E-state index in [0.717, 1.165) is 23.1 Å². The Kier molecular flexibility index (Phi) is 8.03. The Morgan fingerprint density at radius 2 is 1.66 bits per heavy atom. The van der Waals surface area contributed by atoms with E-state index in [1.165, 1.54) is 0 Å². The minimum atomic E-state index is -0.662. The van der Waals surface area contributed by atoms with Crippen LogP contribution in [0.2, 0.25) is 0 Å². The summed E-state index contributed by atoms with van der Waals surface area (Å²) in [5, 5.41) is 5.82. The van der Waals surface area contributed by atoms with Gasteiger partial charge in [0.1, 0.15) is 5.75 Å². The van der Waals surface area contributed by atoms with Crippen molar-refractivity contribution >= 4 is 17.5 Å². The molecule has 32 heavy (non-hydrogen) atoms. The lowest BCUT2D eigenvalue weighted by atomic mass is 10.1. The van der Waals surface area contributed by atoms with Crippen molar-refractivity contribution in [2.45, 2.75) is 39.7 Å². The molecule has 0 radical (unpaired) electrons. The van der Waals surface area contributed by atoms with Gasteiger partial charge in [-0.2, -0.15) is 0 Å². The molecule has 0 aliphatic carbocycles. The van der Waals surface area contributed by atoms with Crippen molar-refractivity contribution in [3.8, 4) is 5.75 Å². The van der Waals surface area contributed by atoms with Gasteiger partial charge < -0.3 is 15.4 Å². The van der Waals surface area contributed by atoms with Crippen LogP contribution in [0.25, 0.3) is 0 Å². The van der Waals surface area contributed by atoms with Crippen molar-refractivity contribution in [1.82, 2.24) is 5.32 Å². The fourth-order valence-corrected chi connectivity index (χ4v) is 3.37. The number of carbonyl (C=O) groups excluding carboxylic acids is 2. The molecule has 5 heteroatoms. The predicted octanol–water partition coefficient (Wildman–Crippen LogP) is 5.07. The highest BCUT2D eigenvalue weighted by atomic mass is 16.5. The summed E-state index contributed by atoms with van der Waals surface area (Å²) < 4.78 is 6.01. The van der Waals surface area contributed by atoms with Crippen LogP contribution in [-0.4, -0.2) is 24.5 Å². The van der Waals surface area contributed by atoms with Crippen molar-refractivity contribution in [2.24, 2.45) is 0 Å². The monoisotopic (exact) mass is 430 g/mol. The van der Waals surface area contributed by atoms with Crippen LogP contribution in [0, 0.1) is 13.8 Å². The summed E-state index contributed by atoms with van der Waals surface area (Å²) in [6.07, 6.45) is 0.581. The van der Waals surface area contributed by atoms with E-state index in [1.807, 2.05) is 69.3 Å². The average Bonchev–Trinajstić information content (AvgIpc) is 2.80. The van der Waals surface area contributed by atoms with Crippen LogP contribution in [0.5, 0.6) is 5.75 Å². The maximum absolute atomic E-state index is 13.0. The Morgan fingerprint density at radius 3 is 2.41 bits per heavy atom. The normalized spacial score (nSPS) is 11.5. The topological polar surface area (TPSA) is 67.4 Å². The van der Waals surface area contributed by atoms with Crippen LogP contribution in [0.15, 0.2) is 72.8 Å². The Morgan fingerprint density at radius 1 is 0.938 bits per heavy atom. The fraction of sp³-hybridized carbons (Fsp3) is 0.259. The summed E-state index contributed by atoms with van der Waals surface area (Å²) in [4.78, 5) is 25.7. The maximum atomic E-state index is 13.0. The molecule has 3 aromatic carbocycles. The summed E-state index contributed by atoms with van der Waals surface area (Å²) in [6.45, 7) is 6.35. The Balaban J connectivity index is 1.65. The van der Waals surface area contributed by atoms with Gasteiger partial charge in [-0.05, 0) is 61.6 Å². The minimum absolute atomic E-state index is 0.222. The minimum Gasteiger partial charge on any atom is -0.480 e. The zero-order valence-corrected chi connectivity index (χ0v) is 18.9. The molecule has 0 heterocycles. The first kappa shape index (κ1) is 23.1. The quantitative estimate of drug-likeness (QED) is 0.498.